The van der Waals surface area contributed by atoms with Gasteiger partial charge in [0.05, 0.1) is 91.1 Å². The molecule has 1 unspecified atom stereocenters. The lowest BCUT2D eigenvalue weighted by molar-refractivity contribution is 0.436. The molecule has 0 bridgehead atoms. The molecule has 324 valence electrons. The van der Waals surface area contributed by atoms with E-state index in [1.165, 1.54) is 10.8 Å². The maximum atomic E-state index is 10.0. The molecule has 12 aromatic rings. The first-order valence-corrected chi connectivity index (χ1v) is 23.1. The van der Waals surface area contributed by atoms with Gasteiger partial charge in [-0.3, -0.25) is 9.97 Å². The summed E-state index contributed by atoms with van der Waals surface area (Å²) >= 11 is 0. The molecule has 70 heavy (non-hydrogen) atoms. The van der Waals surface area contributed by atoms with Crippen molar-refractivity contribution in [2.75, 3.05) is 4.90 Å². The lowest BCUT2D eigenvalue weighted by Crippen LogP contribution is -2.34. The van der Waals surface area contributed by atoms with Crippen LogP contribution in [0.2, 0.25) is 0 Å². The summed E-state index contributed by atoms with van der Waals surface area (Å²) < 4.78 is 18.5. The van der Waals surface area contributed by atoms with Crippen LogP contribution in [0.25, 0.3) is 66.4 Å². The van der Waals surface area contributed by atoms with Gasteiger partial charge >= 0.3 is 0 Å². The standard InChI is InChI=1S/C61H33N7O2/c62-33-36-22-26-49-42(29-36)43-30-37(34-63)23-27-50(43)67(49)39-31-46-60(65-35-39)59-45(13-10-28-64-59)61(46)44-25-24-38(66-47-14-3-1-11-40(47)41-12-2-4-15-48(41)66)32-57(44)70-56-21-9-18-53(58(56)61)68-51-16-5-7-19-54(51)69-55-20-8-6-17-52(55)68/h1-32,35H. The van der Waals surface area contributed by atoms with Gasteiger partial charge in [0.25, 0.3) is 0 Å². The Morgan fingerprint density at radius 2 is 0.986 bits per heavy atom. The van der Waals surface area contributed by atoms with Crippen LogP contribution < -0.4 is 14.4 Å². The molecule has 2 aliphatic heterocycles. The summed E-state index contributed by atoms with van der Waals surface area (Å²) in [6.45, 7) is 0. The number of para-hydroxylation sites is 6. The Morgan fingerprint density at radius 1 is 0.414 bits per heavy atom. The zero-order valence-electron chi connectivity index (χ0n) is 37.0. The van der Waals surface area contributed by atoms with Gasteiger partial charge in [-0.05, 0) is 109 Å². The fraction of sp³-hybridized carbons (Fsp3) is 0.0164. The zero-order chi connectivity index (χ0) is 46.2. The van der Waals surface area contributed by atoms with Crippen LogP contribution in [-0.2, 0) is 5.41 Å². The maximum Gasteiger partial charge on any atom is 0.151 e. The van der Waals surface area contributed by atoms with Crippen LogP contribution in [0.1, 0.15) is 33.4 Å². The summed E-state index contributed by atoms with van der Waals surface area (Å²) in [4.78, 5) is 12.9. The number of rotatable bonds is 3. The molecule has 4 aromatic heterocycles. The first-order chi connectivity index (χ1) is 34.6. The summed E-state index contributed by atoms with van der Waals surface area (Å²) in [6.07, 6.45) is 3.76. The van der Waals surface area contributed by atoms with Crippen LogP contribution in [0.5, 0.6) is 23.0 Å². The fourth-order valence-electron chi connectivity index (χ4n) is 11.7. The number of aromatic nitrogens is 4. The number of hydrogen-bond donors (Lipinski definition) is 0. The molecule has 8 aromatic carbocycles. The van der Waals surface area contributed by atoms with E-state index in [9.17, 15) is 10.5 Å². The van der Waals surface area contributed by atoms with Crippen LogP contribution in [-0.4, -0.2) is 19.1 Å². The molecule has 0 fully saturated rings. The molecule has 15 rings (SSSR count). The molecule has 1 aliphatic carbocycles. The van der Waals surface area contributed by atoms with Crippen LogP contribution in [0.3, 0.4) is 0 Å². The van der Waals surface area contributed by atoms with E-state index in [0.29, 0.717) is 22.6 Å². The van der Waals surface area contributed by atoms with Crippen LogP contribution in [0, 0.1) is 22.7 Å². The van der Waals surface area contributed by atoms with Crippen molar-refractivity contribution < 1.29 is 9.47 Å². The molecule has 1 atom stereocenters. The predicted molar refractivity (Wildman–Crippen MR) is 272 cm³/mol. The van der Waals surface area contributed by atoms with E-state index < -0.39 is 5.41 Å². The average molecular weight is 896 g/mol. The first-order valence-electron chi connectivity index (χ1n) is 23.1. The third kappa shape index (κ3) is 4.96. The zero-order valence-corrected chi connectivity index (χ0v) is 37.0. The smallest absolute Gasteiger partial charge is 0.151 e. The van der Waals surface area contributed by atoms with Gasteiger partial charge in [-0.2, -0.15) is 10.5 Å². The Hall–Kier alpha value is -9.96. The molecule has 3 aliphatic rings. The Kier molecular flexibility index (Phi) is 7.65. The van der Waals surface area contributed by atoms with Crippen molar-refractivity contribution in [3.05, 3.63) is 234 Å². The lowest BCUT2D eigenvalue weighted by Gasteiger charge is -2.43. The molecular formula is C61H33N7O2. The lowest BCUT2D eigenvalue weighted by atomic mass is 9.65. The Balaban J connectivity index is 1.06. The minimum absolute atomic E-state index is 0.538. The highest BCUT2D eigenvalue weighted by molar-refractivity contribution is 6.11. The van der Waals surface area contributed by atoms with Crippen LogP contribution >= 0.6 is 0 Å². The molecular weight excluding hydrogens is 863 g/mol. The van der Waals surface area contributed by atoms with E-state index >= 15 is 0 Å². The third-order valence-electron chi connectivity index (χ3n) is 14.5. The third-order valence-corrected chi connectivity index (χ3v) is 14.5. The van der Waals surface area contributed by atoms with Gasteiger partial charge < -0.3 is 23.5 Å². The number of ether oxygens (including phenoxy) is 2. The quantitative estimate of drug-likeness (QED) is 0.174. The van der Waals surface area contributed by atoms with E-state index in [0.717, 1.165) is 106 Å². The molecule has 0 saturated carbocycles. The van der Waals surface area contributed by atoms with Crippen molar-refractivity contribution in [1.29, 1.82) is 10.5 Å². The van der Waals surface area contributed by atoms with Crippen molar-refractivity contribution in [3.8, 4) is 57.9 Å². The highest BCUT2D eigenvalue weighted by Gasteiger charge is 2.55. The van der Waals surface area contributed by atoms with E-state index in [1.807, 2.05) is 91.3 Å². The van der Waals surface area contributed by atoms with Crippen molar-refractivity contribution >= 4 is 60.7 Å². The summed E-state index contributed by atoms with van der Waals surface area (Å²) in [6, 6.07) is 68.9. The molecule has 6 heterocycles. The number of benzene rings is 8. The van der Waals surface area contributed by atoms with E-state index in [1.54, 1.807) is 0 Å². The van der Waals surface area contributed by atoms with Gasteiger partial charge in [-0.1, -0.05) is 78.9 Å². The average Bonchev–Trinajstić information content (AvgIpc) is 4.03. The Morgan fingerprint density at radius 3 is 1.67 bits per heavy atom. The molecule has 0 N–H and O–H groups in total. The van der Waals surface area contributed by atoms with E-state index in [4.69, 9.17) is 19.4 Å². The molecule has 9 heteroatoms. The summed E-state index contributed by atoms with van der Waals surface area (Å²) in [5.41, 5.74) is 13.9. The van der Waals surface area contributed by atoms with Gasteiger partial charge in [0.15, 0.2) is 11.5 Å². The topological polar surface area (TPSA) is 105 Å². The van der Waals surface area contributed by atoms with Crippen molar-refractivity contribution in [1.82, 2.24) is 19.1 Å². The van der Waals surface area contributed by atoms with Crippen LogP contribution in [0.15, 0.2) is 200 Å². The largest absolute Gasteiger partial charge is 0.457 e. The van der Waals surface area contributed by atoms with Crippen molar-refractivity contribution in [2.24, 2.45) is 0 Å². The summed E-state index contributed by atoms with van der Waals surface area (Å²) in [7, 11) is 0. The molecule has 0 saturated heterocycles. The fourth-order valence-corrected chi connectivity index (χ4v) is 11.7. The normalized spacial score (nSPS) is 14.8. The molecule has 0 amide bonds. The summed E-state index contributed by atoms with van der Waals surface area (Å²) in [5, 5.41) is 24.2. The molecule has 1 spiro atoms. The SMILES string of the molecule is N#Cc1ccc2c(c1)c1cc(C#N)ccc1n2-c1cnc2c(c1)C1(c3ccc(-n4c5ccccc5c5ccccc54)cc3Oc3cccc(N4c5ccccc5Oc5ccccc54)c31)c1cccnc1-2. The summed E-state index contributed by atoms with van der Waals surface area (Å²) in [5.74, 6) is 2.89. The Bertz CT molecular complexity index is 4210. The number of fused-ring (bicyclic) bond motifs is 17. The Labute approximate surface area is 400 Å². The van der Waals surface area contributed by atoms with Crippen molar-refractivity contribution in [3.63, 3.8) is 0 Å². The van der Waals surface area contributed by atoms with Gasteiger partial charge in [0.1, 0.15) is 11.5 Å². The molecule has 9 nitrogen and oxygen atoms in total. The number of anilines is 3. The maximum absolute atomic E-state index is 10.0. The number of nitriles is 2. The van der Waals surface area contributed by atoms with Crippen LogP contribution in [0.4, 0.5) is 17.1 Å². The number of hydrogen-bond acceptors (Lipinski definition) is 7. The number of nitrogens with zero attached hydrogens (tertiary/aromatic N) is 7. The highest BCUT2D eigenvalue weighted by atomic mass is 16.5. The minimum atomic E-state index is -1.04. The second-order valence-corrected chi connectivity index (χ2v) is 17.9. The van der Waals surface area contributed by atoms with Crippen molar-refractivity contribution in [2.45, 2.75) is 5.41 Å². The predicted octanol–water partition coefficient (Wildman–Crippen LogP) is 14.5. The molecule has 0 radical (unpaired) electrons. The van der Waals surface area contributed by atoms with E-state index in [2.05, 4.69) is 135 Å². The first kappa shape index (κ1) is 38.2. The van der Waals surface area contributed by atoms with Gasteiger partial charge in [-0.15, -0.1) is 0 Å². The minimum Gasteiger partial charge on any atom is -0.457 e. The van der Waals surface area contributed by atoms with Gasteiger partial charge in [0, 0.05) is 56.2 Å². The van der Waals surface area contributed by atoms with Gasteiger partial charge in [0.2, 0.25) is 0 Å². The second kappa shape index (κ2) is 14.0. The van der Waals surface area contributed by atoms with E-state index in [-0.39, 0.29) is 0 Å². The number of pyridine rings is 2. The monoisotopic (exact) mass is 895 g/mol. The second-order valence-electron chi connectivity index (χ2n) is 17.9. The van der Waals surface area contributed by atoms with Gasteiger partial charge in [-0.25, -0.2) is 0 Å². The highest BCUT2D eigenvalue weighted by Crippen LogP contribution is 2.65.